The summed E-state index contributed by atoms with van der Waals surface area (Å²) in [5.74, 6) is -0.616. The third kappa shape index (κ3) is 3.07. The maximum atomic E-state index is 12.0. The normalized spacial score (nSPS) is 10.2. The second-order valence-electron chi connectivity index (χ2n) is 3.64. The van der Waals surface area contributed by atoms with Crippen molar-refractivity contribution in [3.63, 3.8) is 0 Å². The lowest BCUT2D eigenvalue weighted by Gasteiger charge is -2.04. The fourth-order valence-corrected chi connectivity index (χ4v) is 2.20. The number of halogens is 1. The molecule has 0 saturated heterocycles. The van der Waals surface area contributed by atoms with Gasteiger partial charge in [0.2, 0.25) is 0 Å². The Morgan fingerprint density at radius 1 is 1.47 bits per heavy atom. The van der Waals surface area contributed by atoms with E-state index in [4.69, 9.17) is 17.3 Å². The van der Waals surface area contributed by atoms with Crippen molar-refractivity contribution in [3.8, 4) is 0 Å². The number of pyridine rings is 1. The second-order valence-corrected chi connectivity index (χ2v) is 4.89. The van der Waals surface area contributed by atoms with E-state index >= 15 is 0 Å². The van der Waals surface area contributed by atoms with Crippen LogP contribution in [0.2, 0.25) is 5.15 Å². The molecule has 0 radical (unpaired) electrons. The summed E-state index contributed by atoms with van der Waals surface area (Å²) in [6, 6.07) is 1.37. The van der Waals surface area contributed by atoms with Crippen molar-refractivity contribution in [2.24, 2.45) is 0 Å². The average Bonchev–Trinajstić information content (AvgIpc) is 2.80. The topological polar surface area (TPSA) is 98.0 Å². The van der Waals surface area contributed by atoms with Gasteiger partial charge in [0.05, 0.1) is 17.4 Å². The molecule has 3 N–H and O–H groups in total. The molecule has 0 aliphatic rings. The molecule has 0 aliphatic heterocycles. The number of nitrogen functional groups attached to an aromatic ring is 1. The summed E-state index contributed by atoms with van der Waals surface area (Å²) in [7, 11) is 0. The number of ketones is 1. The number of thiazole rings is 1. The number of nitrogens with two attached hydrogens (primary N) is 1. The first kappa shape index (κ1) is 13.4. The Morgan fingerprint density at radius 2 is 2.21 bits per heavy atom. The van der Waals surface area contributed by atoms with Gasteiger partial charge < -0.3 is 5.73 Å². The molecule has 2 aromatic heterocycles. The molecule has 8 heteroatoms. The van der Waals surface area contributed by atoms with Gasteiger partial charge in [-0.3, -0.25) is 14.9 Å². The lowest BCUT2D eigenvalue weighted by Crippen LogP contribution is -2.14. The van der Waals surface area contributed by atoms with E-state index in [-0.39, 0.29) is 22.2 Å². The number of anilines is 2. The van der Waals surface area contributed by atoms with Crippen molar-refractivity contribution in [1.82, 2.24) is 9.97 Å². The van der Waals surface area contributed by atoms with Crippen LogP contribution in [0.25, 0.3) is 0 Å². The largest absolute Gasteiger partial charge is 0.397 e. The van der Waals surface area contributed by atoms with Crippen molar-refractivity contribution in [3.05, 3.63) is 34.1 Å². The Labute approximate surface area is 117 Å². The number of rotatable bonds is 3. The van der Waals surface area contributed by atoms with Crippen LogP contribution in [-0.2, 0) is 0 Å². The van der Waals surface area contributed by atoms with Gasteiger partial charge in [-0.15, -0.1) is 11.3 Å². The Morgan fingerprint density at radius 3 is 2.84 bits per heavy atom. The van der Waals surface area contributed by atoms with E-state index in [0.29, 0.717) is 10.8 Å². The summed E-state index contributed by atoms with van der Waals surface area (Å²) in [6.07, 6.45) is 1.31. The summed E-state index contributed by atoms with van der Waals surface area (Å²) in [5.41, 5.74) is 6.37. The van der Waals surface area contributed by atoms with Crippen molar-refractivity contribution >= 4 is 45.4 Å². The Bertz CT molecular complexity index is 656. The molecule has 2 rings (SSSR count). The summed E-state index contributed by atoms with van der Waals surface area (Å²) in [5, 5.41) is 4.61. The zero-order valence-electron chi connectivity index (χ0n) is 9.81. The van der Waals surface area contributed by atoms with Gasteiger partial charge in [0.15, 0.2) is 10.9 Å². The van der Waals surface area contributed by atoms with E-state index in [1.54, 1.807) is 5.38 Å². The van der Waals surface area contributed by atoms with Gasteiger partial charge in [-0.1, -0.05) is 11.6 Å². The molecular formula is C11H9ClN4O2S. The number of nitrogens with zero attached hydrogens (tertiary/aromatic N) is 2. The first-order chi connectivity index (χ1) is 8.97. The highest BCUT2D eigenvalue weighted by molar-refractivity contribution is 7.14. The second kappa shape index (κ2) is 5.33. The van der Waals surface area contributed by atoms with Crippen molar-refractivity contribution in [1.29, 1.82) is 0 Å². The van der Waals surface area contributed by atoms with E-state index in [2.05, 4.69) is 15.3 Å². The molecule has 0 saturated carbocycles. The third-order valence-corrected chi connectivity index (χ3v) is 3.20. The number of carbonyl (C=O) groups is 2. The summed E-state index contributed by atoms with van der Waals surface area (Å²) in [4.78, 5) is 30.8. The van der Waals surface area contributed by atoms with E-state index in [9.17, 15) is 9.59 Å². The van der Waals surface area contributed by atoms with Crippen LogP contribution in [0.1, 0.15) is 27.8 Å². The number of amides is 1. The highest BCUT2D eigenvalue weighted by atomic mass is 35.5. The van der Waals surface area contributed by atoms with Crippen LogP contribution in [-0.4, -0.2) is 21.7 Å². The molecule has 6 nitrogen and oxygen atoms in total. The van der Waals surface area contributed by atoms with Gasteiger partial charge in [-0.2, -0.15) is 0 Å². The molecule has 19 heavy (non-hydrogen) atoms. The zero-order chi connectivity index (χ0) is 14.0. The van der Waals surface area contributed by atoms with Gasteiger partial charge in [0.1, 0.15) is 10.8 Å². The molecule has 1 amide bonds. The monoisotopic (exact) mass is 296 g/mol. The molecule has 0 fully saturated rings. The third-order valence-electron chi connectivity index (χ3n) is 2.23. The number of hydrogen-bond donors (Lipinski definition) is 2. The maximum Gasteiger partial charge on any atom is 0.259 e. The van der Waals surface area contributed by atoms with E-state index in [0.717, 1.165) is 11.3 Å². The maximum absolute atomic E-state index is 12.0. The van der Waals surface area contributed by atoms with Gasteiger partial charge in [0, 0.05) is 12.3 Å². The number of carbonyl (C=O) groups excluding carboxylic acids is 2. The lowest BCUT2D eigenvalue weighted by molar-refractivity contribution is 0.100. The van der Waals surface area contributed by atoms with Gasteiger partial charge in [-0.25, -0.2) is 9.97 Å². The zero-order valence-corrected chi connectivity index (χ0v) is 11.4. The minimum Gasteiger partial charge on any atom is -0.397 e. The predicted octanol–water partition coefficient (Wildman–Crippen LogP) is 2.23. The van der Waals surface area contributed by atoms with Gasteiger partial charge in [0.25, 0.3) is 5.91 Å². The standard InChI is InChI=1S/C11H9ClN4O2S/c1-5(17)8-4-19-11(15-8)16-10(18)6-2-9(12)14-3-7(6)13/h2-4H,13H2,1H3,(H,15,16,18). The Balaban J connectivity index is 2.20. The molecule has 0 atom stereocenters. The molecule has 0 unspecified atom stereocenters. The highest BCUT2D eigenvalue weighted by Crippen LogP contribution is 2.20. The van der Waals surface area contributed by atoms with Crippen LogP contribution in [0.3, 0.4) is 0 Å². The number of Topliss-reactive ketones (excluding diaryl/α,β-unsaturated/α-hetero) is 1. The Hall–Kier alpha value is -1.99. The van der Waals surface area contributed by atoms with E-state index in [1.807, 2.05) is 0 Å². The smallest absolute Gasteiger partial charge is 0.259 e. The summed E-state index contributed by atoms with van der Waals surface area (Å²) in [6.45, 7) is 1.40. The molecule has 0 bridgehead atoms. The van der Waals surface area contributed by atoms with Crippen molar-refractivity contribution < 1.29 is 9.59 Å². The SMILES string of the molecule is CC(=O)c1csc(NC(=O)c2cc(Cl)ncc2N)n1. The van der Waals surface area contributed by atoms with Crippen LogP contribution in [0.5, 0.6) is 0 Å². The first-order valence-corrected chi connectivity index (χ1v) is 6.42. The fraction of sp³-hybridized carbons (Fsp3) is 0.0909. The lowest BCUT2D eigenvalue weighted by atomic mass is 10.2. The molecule has 98 valence electrons. The summed E-state index contributed by atoms with van der Waals surface area (Å²) < 4.78 is 0. The quantitative estimate of drug-likeness (QED) is 0.668. The van der Waals surface area contributed by atoms with Crippen molar-refractivity contribution in [2.75, 3.05) is 11.1 Å². The minimum absolute atomic E-state index is 0.164. The van der Waals surface area contributed by atoms with Crippen LogP contribution in [0.4, 0.5) is 10.8 Å². The molecule has 2 aromatic rings. The van der Waals surface area contributed by atoms with Crippen molar-refractivity contribution in [2.45, 2.75) is 6.92 Å². The van der Waals surface area contributed by atoms with Gasteiger partial charge >= 0.3 is 0 Å². The molecule has 0 spiro atoms. The number of hydrogen-bond acceptors (Lipinski definition) is 6. The van der Waals surface area contributed by atoms with Crippen LogP contribution in [0, 0.1) is 0 Å². The van der Waals surface area contributed by atoms with Crippen LogP contribution in [0.15, 0.2) is 17.6 Å². The van der Waals surface area contributed by atoms with Gasteiger partial charge in [-0.05, 0) is 6.07 Å². The molecule has 0 aliphatic carbocycles. The van der Waals surface area contributed by atoms with Crippen LogP contribution < -0.4 is 11.1 Å². The molecular weight excluding hydrogens is 288 g/mol. The fourth-order valence-electron chi connectivity index (χ4n) is 1.29. The average molecular weight is 297 g/mol. The Kier molecular flexibility index (Phi) is 3.77. The molecule has 0 aromatic carbocycles. The molecule has 2 heterocycles. The van der Waals surface area contributed by atoms with E-state index in [1.165, 1.54) is 19.2 Å². The highest BCUT2D eigenvalue weighted by Gasteiger charge is 2.14. The first-order valence-electron chi connectivity index (χ1n) is 5.16. The minimum atomic E-state index is -0.453. The van der Waals surface area contributed by atoms with E-state index < -0.39 is 5.91 Å². The summed E-state index contributed by atoms with van der Waals surface area (Å²) >= 11 is 6.86. The predicted molar refractivity (Wildman–Crippen MR) is 73.7 cm³/mol. The number of nitrogens with one attached hydrogen (secondary N) is 1. The van der Waals surface area contributed by atoms with Crippen LogP contribution >= 0.6 is 22.9 Å². The number of aromatic nitrogens is 2.